The molecule has 1 saturated heterocycles. The molecule has 1 saturated carbocycles. The Balaban J connectivity index is 1.86. The number of hydrogen-bond donors (Lipinski definition) is 1. The minimum atomic E-state index is -0.622. The van der Waals surface area contributed by atoms with Crippen molar-refractivity contribution in [1.29, 1.82) is 0 Å². The van der Waals surface area contributed by atoms with Gasteiger partial charge >= 0.3 is 0 Å². The summed E-state index contributed by atoms with van der Waals surface area (Å²) in [4.78, 5) is 26.3. The van der Waals surface area contributed by atoms with Crippen LogP contribution in [0.4, 0.5) is 4.39 Å². The smallest absolute Gasteiger partial charge is 0.254 e. The second kappa shape index (κ2) is 4.94. The molecule has 2 atom stereocenters. The maximum absolute atomic E-state index is 13.5. The van der Waals surface area contributed by atoms with Crippen molar-refractivity contribution < 1.29 is 18.7 Å². The molecule has 0 unspecified atom stereocenters. The van der Waals surface area contributed by atoms with Gasteiger partial charge < -0.3 is 15.4 Å². The predicted molar refractivity (Wildman–Crippen MR) is 82.4 cm³/mol. The van der Waals surface area contributed by atoms with Crippen LogP contribution in [0.5, 0.6) is 5.75 Å². The number of carbonyl (C=O) groups is 2. The van der Waals surface area contributed by atoms with Gasteiger partial charge in [0.2, 0.25) is 5.91 Å². The first-order valence-electron chi connectivity index (χ1n) is 7.64. The number of nitrogens with two attached hydrogens (primary N) is 1. The Hall–Kier alpha value is -2.11. The second-order valence-electron chi connectivity index (χ2n) is 7.27. The Kier molecular flexibility index (Phi) is 3.39. The van der Waals surface area contributed by atoms with Crippen LogP contribution in [0.15, 0.2) is 18.2 Å². The topological polar surface area (TPSA) is 72.6 Å². The summed E-state index contributed by atoms with van der Waals surface area (Å²) in [5, 5.41) is 0. The molecule has 2 N–H and O–H groups in total. The molecule has 1 aromatic carbocycles. The third-order valence-corrected chi connectivity index (χ3v) is 5.43. The molecule has 0 radical (unpaired) electrons. The molecule has 1 heterocycles. The highest BCUT2D eigenvalue weighted by molar-refractivity contribution is 5.96. The number of hydrogen-bond acceptors (Lipinski definition) is 3. The van der Waals surface area contributed by atoms with Crippen LogP contribution in [0, 0.1) is 22.6 Å². The molecule has 0 aromatic heterocycles. The van der Waals surface area contributed by atoms with E-state index in [-0.39, 0.29) is 28.9 Å². The van der Waals surface area contributed by atoms with Crippen molar-refractivity contribution in [3.63, 3.8) is 0 Å². The molecule has 1 aromatic rings. The van der Waals surface area contributed by atoms with Crippen LogP contribution in [-0.2, 0) is 4.79 Å². The fourth-order valence-electron chi connectivity index (χ4n) is 4.36. The standard InChI is InChI=1S/C17H21FN2O3/c1-16(2)8-17(15(19)22)9-20(7-13(16)17)14(21)10-4-5-11(18)12(6-10)23-3/h4-6,13H,7-9H2,1-3H3,(H2,19,22)/t13-,17+/m1/s1. The number of halogens is 1. The first-order valence-corrected chi connectivity index (χ1v) is 7.64. The summed E-state index contributed by atoms with van der Waals surface area (Å²) in [7, 11) is 1.35. The van der Waals surface area contributed by atoms with Gasteiger partial charge in [-0.1, -0.05) is 13.8 Å². The third kappa shape index (κ3) is 2.19. The van der Waals surface area contributed by atoms with Gasteiger partial charge in [-0.3, -0.25) is 9.59 Å². The number of amides is 2. The normalized spacial score (nSPS) is 28.0. The van der Waals surface area contributed by atoms with E-state index < -0.39 is 11.2 Å². The Bertz CT molecular complexity index is 688. The summed E-state index contributed by atoms with van der Waals surface area (Å²) in [6.45, 7) is 5.00. The Labute approximate surface area is 134 Å². The highest BCUT2D eigenvalue weighted by Gasteiger charge is 2.66. The van der Waals surface area contributed by atoms with Gasteiger partial charge in [-0.15, -0.1) is 0 Å². The SMILES string of the molecule is COc1cc(C(=O)N2C[C@@H]3C(C)(C)C[C@]3(C(N)=O)C2)ccc1F. The number of ether oxygens (including phenoxy) is 1. The van der Waals surface area contributed by atoms with E-state index >= 15 is 0 Å². The van der Waals surface area contributed by atoms with E-state index in [1.54, 1.807) is 4.90 Å². The van der Waals surface area contributed by atoms with Crippen molar-refractivity contribution in [2.45, 2.75) is 20.3 Å². The molecule has 0 spiro atoms. The third-order valence-electron chi connectivity index (χ3n) is 5.43. The van der Waals surface area contributed by atoms with Crippen molar-refractivity contribution in [3.05, 3.63) is 29.6 Å². The summed E-state index contributed by atoms with van der Waals surface area (Å²) in [5.74, 6) is -0.982. The second-order valence-corrected chi connectivity index (χ2v) is 7.27. The molecule has 1 aliphatic carbocycles. The summed E-state index contributed by atoms with van der Waals surface area (Å²) in [6, 6.07) is 4.03. The number of carbonyl (C=O) groups excluding carboxylic acids is 2. The van der Waals surface area contributed by atoms with Crippen LogP contribution in [0.25, 0.3) is 0 Å². The zero-order chi connectivity index (χ0) is 17.0. The van der Waals surface area contributed by atoms with Gasteiger partial charge in [0, 0.05) is 18.7 Å². The minimum absolute atomic E-state index is 0.00938. The van der Waals surface area contributed by atoms with E-state index in [0.717, 1.165) is 0 Å². The summed E-state index contributed by atoms with van der Waals surface area (Å²) in [5.41, 5.74) is 5.33. The number of methoxy groups -OCH3 is 1. The minimum Gasteiger partial charge on any atom is -0.494 e. The quantitative estimate of drug-likeness (QED) is 0.923. The number of primary amides is 1. The van der Waals surface area contributed by atoms with Crippen LogP contribution >= 0.6 is 0 Å². The zero-order valence-corrected chi connectivity index (χ0v) is 13.6. The van der Waals surface area contributed by atoms with E-state index in [2.05, 4.69) is 13.8 Å². The van der Waals surface area contributed by atoms with Crippen molar-refractivity contribution in [1.82, 2.24) is 4.90 Å². The van der Waals surface area contributed by atoms with E-state index in [1.165, 1.54) is 25.3 Å². The number of rotatable bonds is 3. The van der Waals surface area contributed by atoms with Crippen molar-refractivity contribution >= 4 is 11.8 Å². The van der Waals surface area contributed by atoms with Crippen LogP contribution < -0.4 is 10.5 Å². The lowest BCUT2D eigenvalue weighted by atomic mass is 9.48. The lowest BCUT2D eigenvalue weighted by molar-refractivity contribution is -0.148. The van der Waals surface area contributed by atoms with Crippen LogP contribution in [0.3, 0.4) is 0 Å². The number of likely N-dealkylation sites (tertiary alicyclic amines) is 1. The Morgan fingerprint density at radius 1 is 1.39 bits per heavy atom. The molecule has 23 heavy (non-hydrogen) atoms. The Morgan fingerprint density at radius 2 is 2.09 bits per heavy atom. The average Bonchev–Trinajstić information content (AvgIpc) is 2.83. The zero-order valence-electron chi connectivity index (χ0n) is 13.6. The molecule has 2 aliphatic rings. The highest BCUT2D eigenvalue weighted by atomic mass is 19.1. The number of benzene rings is 1. The summed E-state index contributed by atoms with van der Waals surface area (Å²) < 4.78 is 18.4. The van der Waals surface area contributed by atoms with Gasteiger partial charge in [0.05, 0.1) is 12.5 Å². The maximum atomic E-state index is 13.5. The maximum Gasteiger partial charge on any atom is 0.254 e. The van der Waals surface area contributed by atoms with Gasteiger partial charge in [0.25, 0.3) is 5.91 Å². The summed E-state index contributed by atoms with van der Waals surface area (Å²) in [6.07, 6.45) is 0.691. The van der Waals surface area contributed by atoms with Crippen molar-refractivity contribution in [2.24, 2.45) is 22.5 Å². The van der Waals surface area contributed by atoms with E-state index in [1.807, 2.05) is 0 Å². The fraction of sp³-hybridized carbons (Fsp3) is 0.529. The van der Waals surface area contributed by atoms with Crippen LogP contribution in [0.1, 0.15) is 30.6 Å². The van der Waals surface area contributed by atoms with E-state index in [9.17, 15) is 14.0 Å². The molecule has 124 valence electrons. The van der Waals surface area contributed by atoms with E-state index in [4.69, 9.17) is 10.5 Å². The monoisotopic (exact) mass is 320 g/mol. The van der Waals surface area contributed by atoms with E-state index in [0.29, 0.717) is 25.1 Å². The molecular formula is C17H21FN2O3. The van der Waals surface area contributed by atoms with Crippen molar-refractivity contribution in [2.75, 3.05) is 20.2 Å². The Morgan fingerprint density at radius 3 is 2.61 bits per heavy atom. The molecule has 3 rings (SSSR count). The molecule has 6 heteroatoms. The number of fused-ring (bicyclic) bond motifs is 1. The van der Waals surface area contributed by atoms with Gasteiger partial charge in [-0.2, -0.15) is 0 Å². The molecule has 2 amide bonds. The van der Waals surface area contributed by atoms with Crippen molar-refractivity contribution in [3.8, 4) is 5.75 Å². The lowest BCUT2D eigenvalue weighted by Gasteiger charge is -2.54. The summed E-state index contributed by atoms with van der Waals surface area (Å²) >= 11 is 0. The predicted octanol–water partition coefficient (Wildman–Crippen LogP) is 1.81. The van der Waals surface area contributed by atoms with Gasteiger partial charge in [-0.25, -0.2) is 4.39 Å². The van der Waals surface area contributed by atoms with Crippen LogP contribution in [-0.4, -0.2) is 36.9 Å². The number of nitrogens with zero attached hydrogens (tertiary/aromatic N) is 1. The molecule has 2 fully saturated rings. The first kappa shape index (κ1) is 15.8. The molecular weight excluding hydrogens is 299 g/mol. The molecule has 5 nitrogen and oxygen atoms in total. The fourth-order valence-corrected chi connectivity index (χ4v) is 4.36. The van der Waals surface area contributed by atoms with Crippen LogP contribution in [0.2, 0.25) is 0 Å². The van der Waals surface area contributed by atoms with Gasteiger partial charge in [-0.05, 0) is 36.0 Å². The van der Waals surface area contributed by atoms with Gasteiger partial charge in [0.15, 0.2) is 11.6 Å². The largest absolute Gasteiger partial charge is 0.494 e. The van der Waals surface area contributed by atoms with Gasteiger partial charge in [0.1, 0.15) is 0 Å². The molecule has 0 bridgehead atoms. The molecule has 1 aliphatic heterocycles. The average molecular weight is 320 g/mol. The highest BCUT2D eigenvalue weighted by Crippen LogP contribution is 2.62. The lowest BCUT2D eigenvalue weighted by Crippen LogP contribution is -2.59. The first-order chi connectivity index (χ1) is 10.7.